The molecule has 3 aromatic heterocycles. The number of anilines is 1. The van der Waals surface area contributed by atoms with Gasteiger partial charge in [-0.3, -0.25) is 9.20 Å². The van der Waals surface area contributed by atoms with Crippen molar-refractivity contribution >= 4 is 28.5 Å². The molecular weight excluding hydrogens is 296 g/mol. The van der Waals surface area contributed by atoms with Crippen molar-refractivity contribution in [3.05, 3.63) is 46.4 Å². The summed E-state index contributed by atoms with van der Waals surface area (Å²) in [5.74, 6) is -0.358. The summed E-state index contributed by atoms with van der Waals surface area (Å²) in [5.41, 5.74) is 7.00. The molecule has 0 unspecified atom stereocenters. The average Bonchev–Trinajstić information content (AvgIpc) is 2.53. The van der Waals surface area contributed by atoms with E-state index in [9.17, 15) is 9.59 Å². The van der Waals surface area contributed by atoms with Crippen molar-refractivity contribution in [3.8, 4) is 0 Å². The Morgan fingerprint density at radius 3 is 2.78 bits per heavy atom. The number of carbonyl (C=O) groups excluding carboxylic acids is 1. The second-order valence-corrected chi connectivity index (χ2v) is 5.48. The van der Waals surface area contributed by atoms with Crippen molar-refractivity contribution in [2.75, 3.05) is 12.8 Å². The molecule has 2 N–H and O–H groups in total. The Hall–Kier alpha value is -2.96. The van der Waals surface area contributed by atoms with Gasteiger partial charge in [0.1, 0.15) is 10.9 Å². The molecule has 0 aliphatic rings. The van der Waals surface area contributed by atoms with Crippen LogP contribution in [-0.2, 0) is 4.74 Å². The number of carbonyl (C=O) groups is 1. The van der Waals surface area contributed by atoms with Gasteiger partial charge >= 0.3 is 5.97 Å². The van der Waals surface area contributed by atoms with Gasteiger partial charge in [-0.2, -0.15) is 0 Å². The summed E-state index contributed by atoms with van der Waals surface area (Å²) in [7, 11) is 1.27. The Morgan fingerprint density at radius 1 is 1.39 bits per heavy atom. The quantitative estimate of drug-likeness (QED) is 0.434. The molecule has 0 radical (unpaired) electrons. The van der Waals surface area contributed by atoms with Gasteiger partial charge in [-0.25, -0.2) is 9.36 Å². The van der Waals surface area contributed by atoms with E-state index in [1.807, 2.05) is 13.8 Å². The van der Waals surface area contributed by atoms with Crippen molar-refractivity contribution in [1.29, 1.82) is 0 Å². The molecule has 118 valence electrons. The number of ether oxygens (including phenoxy) is 1. The van der Waals surface area contributed by atoms with Crippen LogP contribution < -0.4 is 15.9 Å². The highest BCUT2D eigenvalue weighted by Gasteiger charge is 2.25. The van der Waals surface area contributed by atoms with Gasteiger partial charge in [0, 0.05) is 6.20 Å². The smallest absolute Gasteiger partial charge is 0.344 e. The van der Waals surface area contributed by atoms with Crippen LogP contribution in [-0.4, -0.2) is 22.5 Å². The molecule has 0 amide bonds. The Labute approximate surface area is 131 Å². The third-order valence-corrected chi connectivity index (χ3v) is 3.72. The second kappa shape index (κ2) is 5.35. The number of fused-ring (bicyclic) bond motifs is 2. The maximum absolute atomic E-state index is 12.8. The fourth-order valence-corrected chi connectivity index (χ4v) is 2.66. The lowest BCUT2D eigenvalue weighted by molar-refractivity contribution is -0.679. The van der Waals surface area contributed by atoms with Crippen molar-refractivity contribution in [3.63, 3.8) is 0 Å². The topological polar surface area (TPSA) is 90.6 Å². The molecule has 3 heterocycles. The first-order chi connectivity index (χ1) is 11.0. The van der Waals surface area contributed by atoms with Gasteiger partial charge in [0.25, 0.3) is 11.2 Å². The summed E-state index contributed by atoms with van der Waals surface area (Å²) in [6, 6.07) is 6.66. The normalized spacial score (nSPS) is 11.3. The molecule has 0 bridgehead atoms. The molecule has 3 rings (SSSR count). The second-order valence-electron chi connectivity index (χ2n) is 5.48. The lowest BCUT2D eigenvalue weighted by atomic mass is 10.1. The van der Waals surface area contributed by atoms with E-state index in [1.54, 1.807) is 29.0 Å². The van der Waals surface area contributed by atoms with Crippen molar-refractivity contribution in [2.45, 2.75) is 19.9 Å². The minimum Gasteiger partial charge on any atom is -0.465 e. The van der Waals surface area contributed by atoms with E-state index in [2.05, 4.69) is 4.98 Å². The zero-order chi connectivity index (χ0) is 16.7. The van der Waals surface area contributed by atoms with Crippen LogP contribution in [0.25, 0.3) is 16.7 Å². The van der Waals surface area contributed by atoms with Crippen LogP contribution >= 0.6 is 0 Å². The van der Waals surface area contributed by atoms with Gasteiger partial charge in [-0.05, 0) is 32.0 Å². The third kappa shape index (κ3) is 2.21. The van der Waals surface area contributed by atoms with E-state index in [4.69, 9.17) is 10.5 Å². The number of rotatable bonds is 2. The highest BCUT2D eigenvalue weighted by molar-refractivity contribution is 5.96. The van der Waals surface area contributed by atoms with Crippen LogP contribution in [0.4, 0.5) is 5.82 Å². The molecule has 0 saturated carbocycles. The monoisotopic (exact) mass is 313 g/mol. The number of nitrogens with two attached hydrogens (primary N) is 1. The molecule has 0 fully saturated rings. The zero-order valence-electron chi connectivity index (χ0n) is 13.1. The minimum atomic E-state index is -0.587. The van der Waals surface area contributed by atoms with Crippen molar-refractivity contribution in [2.24, 2.45) is 0 Å². The summed E-state index contributed by atoms with van der Waals surface area (Å²) in [4.78, 5) is 29.3. The molecule has 0 aliphatic carbocycles. The predicted molar refractivity (Wildman–Crippen MR) is 85.3 cm³/mol. The molecule has 0 spiro atoms. The Kier molecular flexibility index (Phi) is 3.48. The van der Waals surface area contributed by atoms with Crippen LogP contribution in [0.2, 0.25) is 0 Å². The van der Waals surface area contributed by atoms with E-state index >= 15 is 0 Å². The van der Waals surface area contributed by atoms with Crippen LogP contribution in [0.15, 0.2) is 35.3 Å². The highest BCUT2D eigenvalue weighted by atomic mass is 16.5. The number of esters is 1. The third-order valence-electron chi connectivity index (χ3n) is 3.72. The SMILES string of the molecule is COC(=O)c1cc2c(=O)n3ccccc3nc2[n+](C(C)C)c1N. The van der Waals surface area contributed by atoms with E-state index < -0.39 is 5.97 Å². The predicted octanol–water partition coefficient (Wildman–Crippen LogP) is 1.08. The standard InChI is InChI=1S/C16H16N4O3/c1-9(2)20-13(17)10(16(22)23-3)8-11-14(20)18-12-6-4-5-7-19(12)15(11)21/h4-9,17H,1-3H3/p+1. The first-order valence-electron chi connectivity index (χ1n) is 7.19. The lowest BCUT2D eigenvalue weighted by Gasteiger charge is -2.13. The number of hydrogen-bond acceptors (Lipinski definition) is 5. The molecule has 0 atom stereocenters. The summed E-state index contributed by atoms with van der Waals surface area (Å²) in [5, 5.41) is 0.317. The van der Waals surface area contributed by atoms with Crippen molar-refractivity contribution < 1.29 is 14.1 Å². The van der Waals surface area contributed by atoms with E-state index in [0.717, 1.165) is 0 Å². The summed E-state index contributed by atoms with van der Waals surface area (Å²) >= 11 is 0. The number of pyridine rings is 2. The maximum atomic E-state index is 12.8. The molecule has 0 saturated heterocycles. The number of methoxy groups -OCH3 is 1. The van der Waals surface area contributed by atoms with Crippen LogP contribution in [0.5, 0.6) is 0 Å². The van der Waals surface area contributed by atoms with Gasteiger partial charge in [-0.15, -0.1) is 0 Å². The number of nitrogens with zero attached hydrogens (tertiary/aromatic N) is 3. The fourth-order valence-electron chi connectivity index (χ4n) is 2.66. The van der Waals surface area contributed by atoms with Crippen LogP contribution in [0.3, 0.4) is 0 Å². The summed E-state index contributed by atoms with van der Waals surface area (Å²) in [6.45, 7) is 3.82. The first-order valence-corrected chi connectivity index (χ1v) is 7.19. The number of hydrogen-bond donors (Lipinski definition) is 1. The van der Waals surface area contributed by atoms with E-state index in [1.165, 1.54) is 17.6 Å². The molecule has 23 heavy (non-hydrogen) atoms. The van der Waals surface area contributed by atoms with Gasteiger partial charge < -0.3 is 10.5 Å². The average molecular weight is 313 g/mol. The molecule has 7 nitrogen and oxygen atoms in total. The lowest BCUT2D eigenvalue weighted by Crippen LogP contribution is -2.43. The molecule has 3 aromatic rings. The van der Waals surface area contributed by atoms with E-state index in [0.29, 0.717) is 16.7 Å². The van der Waals surface area contributed by atoms with Crippen LogP contribution in [0, 0.1) is 0 Å². The van der Waals surface area contributed by atoms with Gasteiger partial charge in [0.15, 0.2) is 0 Å². The van der Waals surface area contributed by atoms with Crippen LogP contribution in [0.1, 0.15) is 30.2 Å². The zero-order valence-corrected chi connectivity index (χ0v) is 13.1. The molecule has 0 aromatic carbocycles. The maximum Gasteiger partial charge on any atom is 0.344 e. The first kappa shape index (κ1) is 15.0. The molecule has 0 aliphatic heterocycles. The summed E-state index contributed by atoms with van der Waals surface area (Å²) < 4.78 is 7.88. The number of aromatic nitrogens is 3. The van der Waals surface area contributed by atoms with E-state index in [-0.39, 0.29) is 23.0 Å². The Balaban J connectivity index is 2.56. The fraction of sp³-hybridized carbons (Fsp3) is 0.250. The minimum absolute atomic E-state index is 0.0832. The Bertz CT molecular complexity index is 992. The largest absolute Gasteiger partial charge is 0.465 e. The highest BCUT2D eigenvalue weighted by Crippen LogP contribution is 2.17. The van der Waals surface area contributed by atoms with Crippen molar-refractivity contribution in [1.82, 2.24) is 9.38 Å². The molecule has 7 heteroatoms. The Morgan fingerprint density at radius 2 is 2.13 bits per heavy atom. The number of nitrogen functional groups attached to an aromatic ring is 1. The van der Waals surface area contributed by atoms with Gasteiger partial charge in [-0.1, -0.05) is 11.1 Å². The summed E-state index contributed by atoms with van der Waals surface area (Å²) in [6.07, 6.45) is 1.64. The van der Waals surface area contributed by atoms with Gasteiger partial charge in [0.2, 0.25) is 11.5 Å². The molecular formula is C16H17N4O3+. The van der Waals surface area contributed by atoms with Gasteiger partial charge in [0.05, 0.1) is 13.2 Å².